The summed E-state index contributed by atoms with van der Waals surface area (Å²) < 4.78 is 41.9. The predicted molar refractivity (Wildman–Crippen MR) is 133 cm³/mol. The molecule has 3 fully saturated rings. The Bertz CT molecular complexity index is 1410. The van der Waals surface area contributed by atoms with Gasteiger partial charge < -0.3 is 14.9 Å². The molecule has 9 nitrogen and oxygen atoms in total. The molecule has 1 aliphatic carbocycles. The summed E-state index contributed by atoms with van der Waals surface area (Å²) in [5.74, 6) is 3.09. The van der Waals surface area contributed by atoms with Crippen molar-refractivity contribution < 1.29 is 18.3 Å². The first-order valence-corrected chi connectivity index (χ1v) is 13.0. The molecule has 4 aliphatic rings. The van der Waals surface area contributed by atoms with Gasteiger partial charge in [-0.05, 0) is 36.8 Å². The summed E-state index contributed by atoms with van der Waals surface area (Å²) in [5.41, 5.74) is -0.694. The Morgan fingerprint density at radius 2 is 1.76 bits per heavy atom. The van der Waals surface area contributed by atoms with Crippen LogP contribution in [0.1, 0.15) is 30.1 Å². The molecular formula is C25H26ClF3N8O. The quantitative estimate of drug-likeness (QED) is 0.536. The number of anilines is 2. The molecule has 3 aromatic rings. The van der Waals surface area contributed by atoms with Gasteiger partial charge in [-0.1, -0.05) is 11.6 Å². The van der Waals surface area contributed by atoms with E-state index in [0.717, 1.165) is 55.0 Å². The van der Waals surface area contributed by atoms with Gasteiger partial charge in [0.25, 0.3) is 0 Å². The van der Waals surface area contributed by atoms with Crippen molar-refractivity contribution in [1.82, 2.24) is 29.6 Å². The van der Waals surface area contributed by atoms with Crippen LogP contribution in [0, 0.1) is 12.3 Å². The van der Waals surface area contributed by atoms with Crippen LogP contribution in [0.15, 0.2) is 30.5 Å². The lowest BCUT2D eigenvalue weighted by Crippen LogP contribution is -2.73. The van der Waals surface area contributed by atoms with Gasteiger partial charge in [-0.3, -0.25) is 9.47 Å². The highest BCUT2D eigenvalue weighted by Gasteiger charge is 2.62. The number of aliphatic hydroxyl groups is 1. The van der Waals surface area contributed by atoms with Crippen LogP contribution in [0.2, 0.25) is 5.02 Å². The average molecular weight is 547 g/mol. The normalized spacial score (nSPS) is 26.2. The molecular weight excluding hydrogens is 521 g/mol. The van der Waals surface area contributed by atoms with Crippen molar-refractivity contribution >= 4 is 23.4 Å². The van der Waals surface area contributed by atoms with E-state index in [4.69, 9.17) is 11.6 Å². The number of hydrogen-bond acceptors (Lipinski definition) is 8. The molecule has 1 saturated carbocycles. The zero-order chi connectivity index (χ0) is 26.4. The first-order chi connectivity index (χ1) is 18.0. The predicted octanol–water partition coefficient (Wildman–Crippen LogP) is 3.12. The number of benzene rings is 1. The second kappa shape index (κ2) is 8.03. The second-order valence-corrected chi connectivity index (χ2v) is 11.6. The standard InChI is InChI=1S/C25H26ClF3N8O/c1-15-30-5-4-20(31-15)35-11-23(12-35)13-36(14-23)22-33-32-21-10-34(18-7-24(38,8-18)25(27,28)29)9-16-6-17(26)2-3-19(16)37(21)22/h2-6,18,38H,7-14H2,1H3. The van der Waals surface area contributed by atoms with E-state index in [9.17, 15) is 18.3 Å². The minimum Gasteiger partial charge on any atom is -0.380 e. The molecule has 2 aromatic heterocycles. The Balaban J connectivity index is 1.12. The fourth-order valence-corrected chi connectivity index (χ4v) is 6.53. The van der Waals surface area contributed by atoms with Gasteiger partial charge >= 0.3 is 6.18 Å². The number of rotatable bonds is 3. The molecule has 1 N–H and O–H groups in total. The van der Waals surface area contributed by atoms with Gasteiger partial charge in [0.15, 0.2) is 11.4 Å². The minimum atomic E-state index is -4.64. The van der Waals surface area contributed by atoms with Crippen molar-refractivity contribution in [3.63, 3.8) is 0 Å². The van der Waals surface area contributed by atoms with Crippen LogP contribution < -0.4 is 9.80 Å². The van der Waals surface area contributed by atoms with Gasteiger partial charge in [-0.15, -0.1) is 10.2 Å². The van der Waals surface area contributed by atoms with Gasteiger partial charge in [0.2, 0.25) is 5.95 Å². The lowest BCUT2D eigenvalue weighted by molar-refractivity contribution is -0.300. The summed E-state index contributed by atoms with van der Waals surface area (Å²) in [4.78, 5) is 15.1. The summed E-state index contributed by atoms with van der Waals surface area (Å²) in [6.07, 6.45) is -3.57. The molecule has 0 bridgehead atoms. The molecule has 200 valence electrons. The molecule has 13 heteroatoms. The fraction of sp³-hybridized carbons (Fsp3) is 0.520. The monoisotopic (exact) mass is 546 g/mol. The number of halogens is 4. The zero-order valence-corrected chi connectivity index (χ0v) is 21.4. The fourth-order valence-electron chi connectivity index (χ4n) is 6.33. The van der Waals surface area contributed by atoms with E-state index in [1.807, 2.05) is 34.6 Å². The Kier molecular flexibility index (Phi) is 5.09. The molecule has 3 aliphatic heterocycles. The van der Waals surface area contributed by atoms with E-state index >= 15 is 0 Å². The first kappa shape index (κ1) is 24.1. The van der Waals surface area contributed by atoms with Crippen LogP contribution >= 0.6 is 11.6 Å². The topological polar surface area (TPSA) is 86.4 Å². The Labute approximate surface area is 221 Å². The maximum atomic E-state index is 13.3. The highest BCUT2D eigenvalue weighted by Crippen LogP contribution is 2.49. The lowest BCUT2D eigenvalue weighted by Gasteiger charge is -2.60. The maximum absolute atomic E-state index is 13.3. The molecule has 0 amide bonds. The molecule has 2 saturated heterocycles. The lowest BCUT2D eigenvalue weighted by atomic mass is 9.73. The van der Waals surface area contributed by atoms with E-state index in [1.54, 1.807) is 12.3 Å². The van der Waals surface area contributed by atoms with Crippen LogP contribution in [0.5, 0.6) is 0 Å². The number of alkyl halides is 3. The highest BCUT2D eigenvalue weighted by atomic mass is 35.5. The van der Waals surface area contributed by atoms with Crippen molar-refractivity contribution in [1.29, 1.82) is 0 Å². The molecule has 0 radical (unpaired) electrons. The molecule has 0 unspecified atom stereocenters. The van der Waals surface area contributed by atoms with Crippen LogP contribution in [0.3, 0.4) is 0 Å². The van der Waals surface area contributed by atoms with E-state index in [2.05, 4.69) is 30.0 Å². The summed E-state index contributed by atoms with van der Waals surface area (Å²) in [5, 5.41) is 19.6. The number of aromatic nitrogens is 5. The molecule has 1 aromatic carbocycles. The molecule has 7 rings (SSSR count). The van der Waals surface area contributed by atoms with E-state index in [0.29, 0.717) is 23.9 Å². The second-order valence-electron chi connectivity index (χ2n) is 11.2. The third-order valence-corrected chi connectivity index (χ3v) is 8.61. The van der Waals surface area contributed by atoms with Gasteiger partial charge in [-0.2, -0.15) is 13.2 Å². The molecule has 1 spiro atoms. The Morgan fingerprint density at radius 3 is 2.47 bits per heavy atom. The Hall–Kier alpha value is -2.96. The SMILES string of the molecule is Cc1nccc(N2CC3(C2)CN(c2nnc4n2-c2ccc(Cl)cc2CN(C2CC(O)(C(F)(F)F)C2)C4)C3)n1. The number of aryl methyl sites for hydroxylation is 1. The van der Waals surface area contributed by atoms with E-state index in [1.165, 1.54) is 0 Å². The van der Waals surface area contributed by atoms with Crippen LogP contribution in [-0.2, 0) is 13.1 Å². The van der Waals surface area contributed by atoms with Gasteiger partial charge in [0.1, 0.15) is 11.6 Å². The van der Waals surface area contributed by atoms with Crippen LogP contribution in [0.25, 0.3) is 5.69 Å². The molecule has 0 atom stereocenters. The molecule has 38 heavy (non-hydrogen) atoms. The summed E-state index contributed by atoms with van der Waals surface area (Å²) in [7, 11) is 0. The zero-order valence-electron chi connectivity index (χ0n) is 20.7. The smallest absolute Gasteiger partial charge is 0.380 e. The summed E-state index contributed by atoms with van der Waals surface area (Å²) in [6, 6.07) is 7.09. The Morgan fingerprint density at radius 1 is 1.03 bits per heavy atom. The first-order valence-electron chi connectivity index (χ1n) is 12.6. The summed E-state index contributed by atoms with van der Waals surface area (Å²) >= 11 is 6.32. The third-order valence-electron chi connectivity index (χ3n) is 8.38. The maximum Gasteiger partial charge on any atom is 0.417 e. The van der Waals surface area contributed by atoms with E-state index < -0.39 is 17.8 Å². The van der Waals surface area contributed by atoms with Crippen molar-refractivity contribution in [2.45, 2.75) is 50.7 Å². The van der Waals surface area contributed by atoms with Crippen molar-refractivity contribution in [3.05, 3.63) is 52.7 Å². The average Bonchev–Trinajstić information content (AvgIpc) is 3.09. The van der Waals surface area contributed by atoms with Gasteiger partial charge in [0.05, 0.1) is 12.2 Å². The largest absolute Gasteiger partial charge is 0.417 e. The van der Waals surface area contributed by atoms with Crippen LogP contribution in [0.4, 0.5) is 24.9 Å². The van der Waals surface area contributed by atoms with Gasteiger partial charge in [-0.25, -0.2) is 9.97 Å². The van der Waals surface area contributed by atoms with Crippen molar-refractivity contribution in [2.24, 2.45) is 5.41 Å². The van der Waals surface area contributed by atoms with E-state index in [-0.39, 0.29) is 18.3 Å². The summed E-state index contributed by atoms with van der Waals surface area (Å²) in [6.45, 7) is 6.11. The number of hydrogen-bond donors (Lipinski definition) is 1. The highest BCUT2D eigenvalue weighted by molar-refractivity contribution is 6.30. The minimum absolute atomic E-state index is 0.165. The molecule has 5 heterocycles. The van der Waals surface area contributed by atoms with Crippen molar-refractivity contribution in [2.75, 3.05) is 36.0 Å². The number of nitrogens with zero attached hydrogens (tertiary/aromatic N) is 8. The van der Waals surface area contributed by atoms with Crippen LogP contribution in [-0.4, -0.2) is 78.7 Å². The van der Waals surface area contributed by atoms with Gasteiger partial charge in [0, 0.05) is 68.2 Å². The third kappa shape index (κ3) is 3.68. The van der Waals surface area contributed by atoms with Crippen molar-refractivity contribution in [3.8, 4) is 5.69 Å². The number of fused-ring (bicyclic) bond motifs is 3.